The number of primary amides is 1. The Balaban J connectivity index is 1.91. The van der Waals surface area contributed by atoms with E-state index in [1.165, 1.54) is 17.9 Å². The maximum Gasteiger partial charge on any atom is 0.267 e. The van der Waals surface area contributed by atoms with Gasteiger partial charge in [-0.1, -0.05) is 18.5 Å². The summed E-state index contributed by atoms with van der Waals surface area (Å²) in [6.07, 6.45) is 3.48. The molecule has 0 aliphatic rings. The van der Waals surface area contributed by atoms with Crippen molar-refractivity contribution in [1.29, 1.82) is 0 Å². The molecule has 1 amide bonds. The highest BCUT2D eigenvalue weighted by atomic mass is 35.5. The number of fused-ring (bicyclic) bond motifs is 1. The molecule has 0 saturated carbocycles. The quantitative estimate of drug-likeness (QED) is 0.481. The Morgan fingerprint density at radius 3 is 2.81 bits per heavy atom. The maximum atomic E-state index is 14.2. The van der Waals surface area contributed by atoms with Crippen molar-refractivity contribution in [2.45, 2.75) is 19.8 Å². The molecule has 0 saturated heterocycles. The molecule has 0 spiro atoms. The average Bonchev–Trinajstić information content (AvgIpc) is 3.28. The number of nitrogens with two attached hydrogens (primary N) is 1. The second kappa shape index (κ2) is 7.70. The van der Waals surface area contributed by atoms with E-state index in [1.54, 1.807) is 19.3 Å². The van der Waals surface area contributed by atoms with Gasteiger partial charge in [-0.3, -0.25) is 9.48 Å². The first kappa shape index (κ1) is 20.9. The summed E-state index contributed by atoms with van der Waals surface area (Å²) in [6, 6.07) is 4.76. The lowest BCUT2D eigenvalue weighted by molar-refractivity contribution is 0.0992. The molecule has 9 heteroatoms. The molecule has 31 heavy (non-hydrogen) atoms. The van der Waals surface area contributed by atoms with Gasteiger partial charge in [-0.25, -0.2) is 9.37 Å². The summed E-state index contributed by atoms with van der Waals surface area (Å²) in [6.45, 7) is 3.73. The van der Waals surface area contributed by atoms with Gasteiger partial charge in [0, 0.05) is 47.4 Å². The number of H-pyrrole nitrogens is 1. The van der Waals surface area contributed by atoms with Gasteiger partial charge in [0.2, 0.25) is 0 Å². The lowest BCUT2D eigenvalue weighted by Crippen LogP contribution is -2.16. The third kappa shape index (κ3) is 3.33. The van der Waals surface area contributed by atoms with E-state index in [2.05, 4.69) is 15.1 Å². The number of aromatic nitrogens is 4. The smallest absolute Gasteiger partial charge is 0.267 e. The SMILES string of the molecule is COc1ccc(F)c(Cl)c1C(C)c1c[nH]c2ncc(-c3c(C)nn(C)c3C(N)=O)cc12. The average molecular weight is 442 g/mol. The van der Waals surface area contributed by atoms with Gasteiger partial charge in [0.1, 0.15) is 22.9 Å². The van der Waals surface area contributed by atoms with Gasteiger partial charge in [-0.15, -0.1) is 0 Å². The predicted octanol–water partition coefficient (Wildman–Crippen LogP) is 4.32. The molecule has 160 valence electrons. The van der Waals surface area contributed by atoms with E-state index in [-0.39, 0.29) is 10.9 Å². The monoisotopic (exact) mass is 441 g/mol. The van der Waals surface area contributed by atoms with Gasteiger partial charge >= 0.3 is 0 Å². The Morgan fingerprint density at radius 2 is 2.13 bits per heavy atom. The number of carbonyl (C=O) groups excluding carboxylic acids is 1. The fourth-order valence-electron chi connectivity index (χ4n) is 4.09. The molecule has 0 aliphatic heterocycles. The molecular weight excluding hydrogens is 421 g/mol. The minimum Gasteiger partial charge on any atom is -0.496 e. The van der Waals surface area contributed by atoms with Crippen LogP contribution in [-0.4, -0.2) is 32.8 Å². The van der Waals surface area contributed by atoms with Crippen LogP contribution in [0.1, 0.15) is 40.2 Å². The number of pyridine rings is 1. The van der Waals surface area contributed by atoms with Crippen LogP contribution in [0.5, 0.6) is 5.75 Å². The lowest BCUT2D eigenvalue weighted by atomic mass is 9.91. The van der Waals surface area contributed by atoms with Gasteiger partial charge in [0.05, 0.1) is 17.8 Å². The van der Waals surface area contributed by atoms with Gasteiger partial charge in [0.15, 0.2) is 0 Å². The number of aryl methyl sites for hydroxylation is 2. The molecule has 7 nitrogen and oxygen atoms in total. The zero-order valence-electron chi connectivity index (χ0n) is 17.5. The number of hydrogen-bond donors (Lipinski definition) is 2. The number of carbonyl (C=O) groups is 1. The van der Waals surface area contributed by atoms with Crippen LogP contribution in [0.3, 0.4) is 0 Å². The molecule has 1 aromatic carbocycles. The summed E-state index contributed by atoms with van der Waals surface area (Å²) in [5.41, 5.74) is 9.95. The zero-order valence-corrected chi connectivity index (χ0v) is 18.2. The van der Waals surface area contributed by atoms with Crippen LogP contribution in [0.15, 0.2) is 30.6 Å². The van der Waals surface area contributed by atoms with Crippen molar-refractivity contribution in [1.82, 2.24) is 19.7 Å². The standard InChI is InChI=1S/C22H21ClFN5O2/c1-10(17-16(31-4)6-5-15(24)19(17)23)14-9-27-22-13(14)7-12(8-26-22)18-11(2)28-29(3)20(18)21(25)30/h5-10H,1-4H3,(H2,25,30)(H,26,27). The van der Waals surface area contributed by atoms with Crippen LogP contribution < -0.4 is 10.5 Å². The van der Waals surface area contributed by atoms with Crippen molar-refractivity contribution in [2.24, 2.45) is 12.8 Å². The summed E-state index contributed by atoms with van der Waals surface area (Å²) in [5.74, 6) is -0.886. The summed E-state index contributed by atoms with van der Waals surface area (Å²) >= 11 is 6.30. The molecule has 0 aliphatic carbocycles. The number of methoxy groups -OCH3 is 1. The van der Waals surface area contributed by atoms with Crippen LogP contribution in [0.2, 0.25) is 5.02 Å². The summed E-state index contributed by atoms with van der Waals surface area (Å²) < 4.78 is 21.1. The van der Waals surface area contributed by atoms with Crippen molar-refractivity contribution in [3.8, 4) is 16.9 Å². The van der Waals surface area contributed by atoms with Crippen molar-refractivity contribution in [3.63, 3.8) is 0 Å². The molecule has 3 N–H and O–H groups in total. The number of nitrogens with zero attached hydrogens (tertiary/aromatic N) is 3. The number of aromatic amines is 1. The number of nitrogens with one attached hydrogen (secondary N) is 1. The third-order valence-electron chi connectivity index (χ3n) is 5.52. The van der Waals surface area contributed by atoms with Crippen LogP contribution in [-0.2, 0) is 7.05 Å². The van der Waals surface area contributed by atoms with E-state index < -0.39 is 11.7 Å². The Kier molecular flexibility index (Phi) is 5.18. The minimum absolute atomic E-state index is 0.0180. The van der Waals surface area contributed by atoms with Gasteiger partial charge < -0.3 is 15.5 Å². The molecule has 0 fully saturated rings. The summed E-state index contributed by atoms with van der Waals surface area (Å²) in [7, 11) is 3.19. The first-order chi connectivity index (χ1) is 14.7. The van der Waals surface area contributed by atoms with Crippen LogP contribution in [0, 0.1) is 12.7 Å². The summed E-state index contributed by atoms with van der Waals surface area (Å²) in [4.78, 5) is 19.7. The normalized spacial score (nSPS) is 12.3. The number of ether oxygens (including phenoxy) is 1. The predicted molar refractivity (Wildman–Crippen MR) is 117 cm³/mol. The molecule has 1 unspecified atom stereocenters. The van der Waals surface area contributed by atoms with E-state index in [9.17, 15) is 9.18 Å². The maximum absolute atomic E-state index is 14.2. The summed E-state index contributed by atoms with van der Waals surface area (Å²) in [5, 5.41) is 5.16. The lowest BCUT2D eigenvalue weighted by Gasteiger charge is -2.17. The fraction of sp³-hybridized carbons (Fsp3) is 0.227. The van der Waals surface area contributed by atoms with E-state index in [1.807, 2.05) is 26.1 Å². The minimum atomic E-state index is -0.572. The molecule has 4 rings (SSSR count). The van der Waals surface area contributed by atoms with Crippen molar-refractivity contribution < 1.29 is 13.9 Å². The topological polar surface area (TPSA) is 98.8 Å². The molecule has 1 atom stereocenters. The second-order valence-electron chi connectivity index (χ2n) is 7.36. The third-order valence-corrected chi connectivity index (χ3v) is 5.90. The van der Waals surface area contributed by atoms with Crippen molar-refractivity contribution >= 4 is 28.5 Å². The Bertz CT molecular complexity index is 1330. The number of amides is 1. The molecule has 3 heterocycles. The highest BCUT2D eigenvalue weighted by Crippen LogP contribution is 2.41. The molecule has 3 aromatic heterocycles. The first-order valence-corrected chi connectivity index (χ1v) is 9.95. The second-order valence-corrected chi connectivity index (χ2v) is 7.74. The van der Waals surface area contributed by atoms with E-state index in [0.29, 0.717) is 39.5 Å². The van der Waals surface area contributed by atoms with Crippen molar-refractivity contribution in [2.75, 3.05) is 7.11 Å². The Hall–Kier alpha value is -3.39. The van der Waals surface area contributed by atoms with Gasteiger partial charge in [-0.2, -0.15) is 5.10 Å². The molecular formula is C22H21ClFN5O2. The number of benzene rings is 1. The van der Waals surface area contributed by atoms with Crippen molar-refractivity contribution in [3.05, 3.63) is 63.9 Å². The Morgan fingerprint density at radius 1 is 1.39 bits per heavy atom. The van der Waals surface area contributed by atoms with Gasteiger partial charge in [0.25, 0.3) is 5.91 Å². The van der Waals surface area contributed by atoms with E-state index in [4.69, 9.17) is 22.1 Å². The highest BCUT2D eigenvalue weighted by molar-refractivity contribution is 6.31. The first-order valence-electron chi connectivity index (χ1n) is 9.57. The molecule has 4 aromatic rings. The zero-order chi connectivity index (χ0) is 22.4. The highest BCUT2D eigenvalue weighted by Gasteiger charge is 2.24. The molecule has 0 radical (unpaired) electrons. The Labute approximate surface area is 183 Å². The van der Waals surface area contributed by atoms with Gasteiger partial charge in [-0.05, 0) is 30.7 Å². The molecule has 0 bridgehead atoms. The van der Waals surface area contributed by atoms with E-state index in [0.717, 1.165) is 10.9 Å². The van der Waals surface area contributed by atoms with Crippen LogP contribution >= 0.6 is 11.6 Å². The fourth-order valence-corrected chi connectivity index (χ4v) is 4.41. The van der Waals surface area contributed by atoms with E-state index >= 15 is 0 Å². The number of halogens is 2. The number of hydrogen-bond acceptors (Lipinski definition) is 4. The van der Waals surface area contributed by atoms with Crippen LogP contribution in [0.25, 0.3) is 22.2 Å². The number of rotatable bonds is 5. The largest absolute Gasteiger partial charge is 0.496 e. The van der Waals surface area contributed by atoms with Crippen LogP contribution in [0.4, 0.5) is 4.39 Å².